The number of nitrogens with zero attached hydrogens (tertiary/aromatic N) is 5. The summed E-state index contributed by atoms with van der Waals surface area (Å²) in [6.45, 7) is 8.66. The zero-order valence-corrected chi connectivity index (χ0v) is 21.8. The van der Waals surface area contributed by atoms with Gasteiger partial charge in [0.1, 0.15) is 5.75 Å². The summed E-state index contributed by atoms with van der Waals surface area (Å²) < 4.78 is 7.67. The maximum Gasteiger partial charge on any atom is 0.408 e. The monoisotopic (exact) mass is 503 g/mol. The Morgan fingerprint density at radius 3 is 2.30 bits per heavy atom. The number of piperidine rings is 1. The Morgan fingerprint density at radius 2 is 1.68 bits per heavy atom. The Labute approximate surface area is 218 Å². The fourth-order valence-electron chi connectivity index (χ4n) is 5.97. The number of carbonyl (C=O) groups is 1. The van der Waals surface area contributed by atoms with Gasteiger partial charge in [0.25, 0.3) is 0 Å². The minimum absolute atomic E-state index is 0.0587. The Kier molecular flexibility index (Phi) is 7.46. The van der Waals surface area contributed by atoms with Crippen molar-refractivity contribution in [3.8, 4) is 16.9 Å². The van der Waals surface area contributed by atoms with Gasteiger partial charge < -0.3 is 14.7 Å². The first-order valence-electron chi connectivity index (χ1n) is 13.3. The molecule has 2 bridgehead atoms. The molecular formula is C29H37N5O3. The number of aryl methyl sites for hydroxylation is 1. The minimum Gasteiger partial charge on any atom is -0.494 e. The summed E-state index contributed by atoms with van der Waals surface area (Å²) in [4.78, 5) is 16.8. The molecule has 0 aliphatic carbocycles. The van der Waals surface area contributed by atoms with E-state index in [1.165, 1.54) is 0 Å². The van der Waals surface area contributed by atoms with Gasteiger partial charge in [0.2, 0.25) is 0 Å². The van der Waals surface area contributed by atoms with Crippen LogP contribution in [-0.4, -0.2) is 68.3 Å². The van der Waals surface area contributed by atoms with Crippen molar-refractivity contribution >= 4 is 6.09 Å². The number of hydrogen-bond acceptors (Lipinski definition) is 5. The number of rotatable bonds is 9. The molecule has 0 radical (unpaired) electrons. The molecule has 8 nitrogen and oxygen atoms in total. The molecule has 3 fully saturated rings. The van der Waals surface area contributed by atoms with Crippen molar-refractivity contribution < 1.29 is 14.6 Å². The van der Waals surface area contributed by atoms with E-state index in [-0.39, 0.29) is 6.04 Å². The molecule has 6 rings (SSSR count). The molecule has 3 saturated heterocycles. The molecule has 4 heterocycles. The van der Waals surface area contributed by atoms with Crippen molar-refractivity contribution in [3.05, 3.63) is 66.5 Å². The molecule has 3 aliphatic rings. The van der Waals surface area contributed by atoms with Crippen LogP contribution in [0.25, 0.3) is 11.1 Å². The standard InChI is InChI=1S/C29H37N5O3/c1-29(2,34(28(35)36)27-14-19-32-17-12-24(27)13-18-32)25-8-4-22(5-9-25)23-6-10-26(11-7-23)37-21-3-16-33-20-15-30-31-33/h4-11,15,20,24,27H,3,12-14,16-19,21H2,1-2H3,(H,35,36). The van der Waals surface area contributed by atoms with Gasteiger partial charge in [-0.3, -0.25) is 9.58 Å². The van der Waals surface area contributed by atoms with Crippen molar-refractivity contribution in [3.63, 3.8) is 0 Å². The topological polar surface area (TPSA) is 83.7 Å². The molecule has 1 amide bonds. The zero-order chi connectivity index (χ0) is 25.8. The van der Waals surface area contributed by atoms with Crippen LogP contribution in [0.15, 0.2) is 60.9 Å². The predicted octanol–water partition coefficient (Wildman–Crippen LogP) is 5.11. The Bertz CT molecular complexity index is 1150. The van der Waals surface area contributed by atoms with E-state index in [4.69, 9.17) is 4.74 Å². The molecular weight excluding hydrogens is 466 g/mol. The zero-order valence-electron chi connectivity index (χ0n) is 21.8. The highest BCUT2D eigenvalue weighted by atomic mass is 16.5. The van der Waals surface area contributed by atoms with Gasteiger partial charge >= 0.3 is 6.09 Å². The van der Waals surface area contributed by atoms with Gasteiger partial charge in [-0.05, 0) is 80.9 Å². The molecule has 1 unspecified atom stereocenters. The second-order valence-corrected chi connectivity index (χ2v) is 10.7. The van der Waals surface area contributed by atoms with Gasteiger partial charge in [0.05, 0.1) is 18.3 Å². The van der Waals surface area contributed by atoms with Gasteiger partial charge in [0, 0.05) is 31.7 Å². The minimum atomic E-state index is -0.823. The summed E-state index contributed by atoms with van der Waals surface area (Å²) in [5.74, 6) is 1.28. The summed E-state index contributed by atoms with van der Waals surface area (Å²) in [5, 5.41) is 18.1. The van der Waals surface area contributed by atoms with Crippen molar-refractivity contribution in [2.24, 2.45) is 5.92 Å². The Morgan fingerprint density at radius 1 is 1.03 bits per heavy atom. The number of carboxylic acid groups (broad SMARTS) is 1. The van der Waals surface area contributed by atoms with Crippen LogP contribution in [-0.2, 0) is 12.1 Å². The maximum atomic E-state index is 12.6. The molecule has 0 spiro atoms. The molecule has 3 aromatic rings. The highest BCUT2D eigenvalue weighted by molar-refractivity contribution is 5.68. The number of benzene rings is 2. The molecule has 8 heteroatoms. The Balaban J connectivity index is 1.24. The molecule has 1 aromatic heterocycles. The van der Waals surface area contributed by atoms with Gasteiger partial charge in [-0.15, -0.1) is 5.10 Å². The molecule has 3 aliphatic heterocycles. The van der Waals surface area contributed by atoms with Crippen LogP contribution in [0.5, 0.6) is 5.75 Å². The van der Waals surface area contributed by atoms with Crippen molar-refractivity contribution in [1.29, 1.82) is 0 Å². The molecule has 1 atom stereocenters. The van der Waals surface area contributed by atoms with E-state index in [9.17, 15) is 9.90 Å². The van der Waals surface area contributed by atoms with E-state index < -0.39 is 11.6 Å². The number of hydrogen-bond donors (Lipinski definition) is 1. The first-order chi connectivity index (χ1) is 17.9. The summed E-state index contributed by atoms with van der Waals surface area (Å²) >= 11 is 0. The number of fused-ring (bicyclic) bond motifs is 4. The van der Waals surface area contributed by atoms with Crippen molar-refractivity contribution in [2.45, 2.75) is 57.7 Å². The second-order valence-electron chi connectivity index (χ2n) is 10.7. The van der Waals surface area contributed by atoms with Crippen LogP contribution in [0.1, 0.15) is 45.1 Å². The summed E-state index contributed by atoms with van der Waals surface area (Å²) in [6, 6.07) is 16.5. The Hall–Kier alpha value is -3.39. The van der Waals surface area contributed by atoms with Gasteiger partial charge in [-0.1, -0.05) is 41.6 Å². The fraction of sp³-hybridized carbons (Fsp3) is 0.483. The first-order valence-corrected chi connectivity index (χ1v) is 13.3. The van der Waals surface area contributed by atoms with E-state index in [0.29, 0.717) is 12.5 Å². The third-order valence-electron chi connectivity index (χ3n) is 8.11. The third kappa shape index (κ3) is 5.64. The molecule has 37 heavy (non-hydrogen) atoms. The molecule has 196 valence electrons. The van der Waals surface area contributed by atoms with E-state index in [0.717, 1.165) is 74.3 Å². The summed E-state index contributed by atoms with van der Waals surface area (Å²) in [7, 11) is 0. The lowest BCUT2D eigenvalue weighted by atomic mass is 9.84. The van der Waals surface area contributed by atoms with Crippen LogP contribution in [0.2, 0.25) is 0 Å². The quantitative estimate of drug-likeness (QED) is 0.409. The number of amides is 1. The predicted molar refractivity (Wildman–Crippen MR) is 142 cm³/mol. The van der Waals surface area contributed by atoms with Crippen molar-refractivity contribution in [2.75, 3.05) is 26.2 Å². The van der Waals surface area contributed by atoms with E-state index in [1.807, 2.05) is 32.2 Å². The van der Waals surface area contributed by atoms with Crippen LogP contribution in [0.4, 0.5) is 4.79 Å². The molecule has 2 aromatic carbocycles. The lowest BCUT2D eigenvalue weighted by Gasteiger charge is -2.45. The highest BCUT2D eigenvalue weighted by Crippen LogP contribution is 2.38. The van der Waals surface area contributed by atoms with Crippen LogP contribution in [0, 0.1) is 5.92 Å². The largest absolute Gasteiger partial charge is 0.494 e. The normalized spacial score (nSPS) is 21.4. The van der Waals surface area contributed by atoms with E-state index >= 15 is 0 Å². The second kappa shape index (κ2) is 10.9. The van der Waals surface area contributed by atoms with Gasteiger partial charge in [0.15, 0.2) is 0 Å². The molecule has 1 N–H and O–H groups in total. The van der Waals surface area contributed by atoms with E-state index in [1.54, 1.807) is 15.8 Å². The average molecular weight is 504 g/mol. The lowest BCUT2D eigenvalue weighted by molar-refractivity contribution is 0.0355. The van der Waals surface area contributed by atoms with Gasteiger partial charge in [-0.25, -0.2) is 4.79 Å². The van der Waals surface area contributed by atoms with Gasteiger partial charge in [-0.2, -0.15) is 0 Å². The van der Waals surface area contributed by atoms with E-state index in [2.05, 4.69) is 51.6 Å². The lowest BCUT2D eigenvalue weighted by Crippen LogP contribution is -2.53. The van der Waals surface area contributed by atoms with Crippen LogP contribution >= 0.6 is 0 Å². The maximum absolute atomic E-state index is 12.6. The van der Waals surface area contributed by atoms with Crippen LogP contribution in [0.3, 0.4) is 0 Å². The number of aromatic nitrogens is 3. The third-order valence-corrected chi connectivity index (χ3v) is 8.11. The fourth-order valence-corrected chi connectivity index (χ4v) is 5.97. The van der Waals surface area contributed by atoms with Crippen LogP contribution < -0.4 is 4.74 Å². The smallest absolute Gasteiger partial charge is 0.408 e. The van der Waals surface area contributed by atoms with Crippen molar-refractivity contribution in [1.82, 2.24) is 24.8 Å². The number of ether oxygens (including phenoxy) is 1. The summed E-state index contributed by atoms with van der Waals surface area (Å²) in [5.41, 5.74) is 2.60. The average Bonchev–Trinajstić information content (AvgIpc) is 3.27. The summed E-state index contributed by atoms with van der Waals surface area (Å²) in [6.07, 6.45) is 6.64. The highest BCUT2D eigenvalue weighted by Gasteiger charge is 2.43. The SMILES string of the molecule is CC(C)(c1ccc(-c2ccc(OCCCn3ccnn3)cc2)cc1)N(C(=O)O)C1CCN2CCC1CC2. The molecule has 0 saturated carbocycles. The first kappa shape index (κ1) is 25.3.